The largest absolute Gasteiger partial charge is 0.465 e. The highest BCUT2D eigenvalue weighted by atomic mass is 35.5. The molecule has 0 aliphatic carbocycles. The predicted molar refractivity (Wildman–Crippen MR) is 86.7 cm³/mol. The van der Waals surface area contributed by atoms with Gasteiger partial charge in [0.1, 0.15) is 0 Å². The number of aryl methyl sites for hydroxylation is 1. The molecular formula is C15H14ClNO4S. The summed E-state index contributed by atoms with van der Waals surface area (Å²) >= 11 is 7.53. The maximum Gasteiger partial charge on any atom is 0.411 e. The average molecular weight is 340 g/mol. The van der Waals surface area contributed by atoms with Crippen LogP contribution in [0.2, 0.25) is 0 Å². The van der Waals surface area contributed by atoms with Crippen LogP contribution in [0.1, 0.15) is 24.0 Å². The minimum Gasteiger partial charge on any atom is -0.465 e. The Kier molecular flexibility index (Phi) is 3.74. The molecule has 2 heterocycles. The van der Waals surface area contributed by atoms with E-state index in [2.05, 4.69) is 0 Å². The van der Waals surface area contributed by atoms with Gasteiger partial charge in [-0.05, 0) is 23.4 Å². The first-order valence-corrected chi connectivity index (χ1v) is 8.15. The van der Waals surface area contributed by atoms with E-state index in [0.29, 0.717) is 23.9 Å². The molecule has 1 aliphatic rings. The molecule has 0 radical (unpaired) electrons. The Hall–Kier alpha value is -1.79. The number of rotatable bonds is 2. The van der Waals surface area contributed by atoms with Crippen LogP contribution in [0, 0.1) is 6.92 Å². The number of hydrogen-bond acceptors (Lipinski definition) is 4. The molecule has 0 saturated carbocycles. The van der Waals surface area contributed by atoms with Gasteiger partial charge in [-0.3, -0.25) is 9.69 Å². The third kappa shape index (κ3) is 2.23. The summed E-state index contributed by atoms with van der Waals surface area (Å²) in [7, 11) is 0. The number of halogens is 1. The van der Waals surface area contributed by atoms with E-state index in [0.717, 1.165) is 21.2 Å². The van der Waals surface area contributed by atoms with E-state index < -0.39 is 12.1 Å². The maximum atomic E-state index is 11.5. The summed E-state index contributed by atoms with van der Waals surface area (Å²) in [5.74, 6) is 0.255. The molecule has 1 amide bonds. The number of carboxylic acid groups (broad SMARTS) is 1. The summed E-state index contributed by atoms with van der Waals surface area (Å²) in [6, 6.07) is 1.63. The molecule has 5 nitrogen and oxygen atoms in total. The second-order valence-electron chi connectivity index (χ2n) is 5.27. The second kappa shape index (κ2) is 5.44. The molecule has 1 aromatic heterocycles. The fraction of sp³-hybridized carbons (Fsp3) is 0.333. The lowest BCUT2D eigenvalue weighted by molar-refractivity contribution is -0.131. The van der Waals surface area contributed by atoms with Crippen molar-refractivity contribution < 1.29 is 19.4 Å². The van der Waals surface area contributed by atoms with Gasteiger partial charge in [-0.2, -0.15) is 0 Å². The van der Waals surface area contributed by atoms with Gasteiger partial charge in [0.05, 0.1) is 10.4 Å². The number of fused-ring (bicyclic) bond motifs is 3. The number of benzene rings is 1. The summed E-state index contributed by atoms with van der Waals surface area (Å²) in [6.45, 7) is 3.61. The van der Waals surface area contributed by atoms with Crippen LogP contribution in [0.25, 0.3) is 10.1 Å². The molecule has 0 spiro atoms. The normalized spacial score (nSPS) is 16.9. The van der Waals surface area contributed by atoms with Crippen LogP contribution in [0.4, 0.5) is 10.5 Å². The average Bonchev–Trinajstić information content (AvgIpc) is 2.99. The van der Waals surface area contributed by atoms with Crippen molar-refractivity contribution in [1.82, 2.24) is 0 Å². The second-order valence-corrected chi connectivity index (χ2v) is 6.46. The highest BCUT2D eigenvalue weighted by Gasteiger charge is 2.35. The zero-order chi connectivity index (χ0) is 16.0. The first-order chi connectivity index (χ1) is 10.4. The van der Waals surface area contributed by atoms with Gasteiger partial charge < -0.3 is 9.84 Å². The standard InChI is InChI=1S/C15H14ClNO4S/c1-7-6-22-14-11(21-8(2)18)3-10-13(12(7)14)9(4-16)5-17(10)15(19)20/h3,6,9H,4-5H2,1-2H3,(H,19,20). The lowest BCUT2D eigenvalue weighted by Crippen LogP contribution is -2.28. The number of ether oxygens (including phenoxy) is 1. The first-order valence-electron chi connectivity index (χ1n) is 6.73. The van der Waals surface area contributed by atoms with Crippen molar-refractivity contribution in [3.63, 3.8) is 0 Å². The molecule has 0 fully saturated rings. The molecule has 2 aromatic rings. The summed E-state index contributed by atoms with van der Waals surface area (Å²) in [4.78, 5) is 24.1. The molecule has 1 aliphatic heterocycles. The summed E-state index contributed by atoms with van der Waals surface area (Å²) < 4.78 is 6.14. The highest BCUT2D eigenvalue weighted by Crippen LogP contribution is 2.48. The molecule has 0 bridgehead atoms. The number of carbonyl (C=O) groups is 2. The van der Waals surface area contributed by atoms with Crippen LogP contribution in [0.15, 0.2) is 11.4 Å². The Morgan fingerprint density at radius 1 is 1.55 bits per heavy atom. The van der Waals surface area contributed by atoms with Crippen molar-refractivity contribution >= 4 is 50.8 Å². The SMILES string of the molecule is CC(=O)Oc1cc2c(c3c(C)csc13)C(CCl)CN2C(=O)O. The number of carbonyl (C=O) groups excluding carboxylic acids is 1. The van der Waals surface area contributed by atoms with Gasteiger partial charge in [0, 0.05) is 36.7 Å². The molecule has 1 unspecified atom stereocenters. The number of esters is 1. The molecular weight excluding hydrogens is 326 g/mol. The van der Waals surface area contributed by atoms with Gasteiger partial charge in [0.25, 0.3) is 0 Å². The fourth-order valence-electron chi connectivity index (χ4n) is 2.94. The highest BCUT2D eigenvalue weighted by molar-refractivity contribution is 7.17. The number of anilines is 1. The van der Waals surface area contributed by atoms with E-state index >= 15 is 0 Å². The molecule has 1 aromatic carbocycles. The predicted octanol–water partition coefficient (Wildman–Crippen LogP) is 3.96. The smallest absolute Gasteiger partial charge is 0.411 e. The number of thiophene rings is 1. The molecule has 1 N–H and O–H groups in total. The van der Waals surface area contributed by atoms with E-state index in [4.69, 9.17) is 16.3 Å². The van der Waals surface area contributed by atoms with E-state index in [1.165, 1.54) is 23.2 Å². The number of amides is 1. The molecule has 0 saturated heterocycles. The van der Waals surface area contributed by atoms with Gasteiger partial charge in [-0.25, -0.2) is 4.79 Å². The van der Waals surface area contributed by atoms with E-state index in [-0.39, 0.29) is 5.92 Å². The van der Waals surface area contributed by atoms with Crippen molar-refractivity contribution in [3.05, 3.63) is 22.6 Å². The van der Waals surface area contributed by atoms with Crippen LogP contribution in [-0.4, -0.2) is 29.6 Å². The van der Waals surface area contributed by atoms with Crippen molar-refractivity contribution in [2.75, 3.05) is 17.3 Å². The Morgan fingerprint density at radius 3 is 2.86 bits per heavy atom. The quantitative estimate of drug-likeness (QED) is 0.511. The van der Waals surface area contributed by atoms with Gasteiger partial charge >= 0.3 is 12.1 Å². The van der Waals surface area contributed by atoms with E-state index in [9.17, 15) is 14.7 Å². The lowest BCUT2D eigenvalue weighted by Gasteiger charge is -2.14. The third-order valence-electron chi connectivity index (χ3n) is 3.78. The van der Waals surface area contributed by atoms with Crippen LogP contribution in [0.5, 0.6) is 5.75 Å². The van der Waals surface area contributed by atoms with Crippen molar-refractivity contribution in [3.8, 4) is 5.75 Å². The first kappa shape index (κ1) is 15.1. The Labute approximate surface area is 136 Å². The maximum absolute atomic E-state index is 11.5. The Morgan fingerprint density at radius 2 is 2.27 bits per heavy atom. The van der Waals surface area contributed by atoms with Crippen molar-refractivity contribution in [2.24, 2.45) is 0 Å². The monoisotopic (exact) mass is 339 g/mol. The third-order valence-corrected chi connectivity index (χ3v) is 5.27. The Bertz CT molecular complexity index is 785. The fourth-order valence-corrected chi connectivity index (χ4v) is 4.21. The van der Waals surface area contributed by atoms with Gasteiger partial charge in [-0.15, -0.1) is 22.9 Å². The van der Waals surface area contributed by atoms with E-state index in [1.807, 2.05) is 12.3 Å². The van der Waals surface area contributed by atoms with Crippen LogP contribution in [-0.2, 0) is 4.79 Å². The zero-order valence-corrected chi connectivity index (χ0v) is 13.6. The summed E-state index contributed by atoms with van der Waals surface area (Å²) in [5, 5.41) is 12.3. The van der Waals surface area contributed by atoms with Crippen molar-refractivity contribution in [1.29, 1.82) is 0 Å². The van der Waals surface area contributed by atoms with Crippen molar-refractivity contribution in [2.45, 2.75) is 19.8 Å². The van der Waals surface area contributed by atoms with Crippen LogP contribution in [0.3, 0.4) is 0 Å². The minimum atomic E-state index is -1.03. The minimum absolute atomic E-state index is 0.0602. The van der Waals surface area contributed by atoms with Gasteiger partial charge in [0.15, 0.2) is 5.75 Å². The van der Waals surface area contributed by atoms with Crippen LogP contribution >= 0.6 is 22.9 Å². The summed E-state index contributed by atoms with van der Waals surface area (Å²) in [5.41, 5.74) is 2.53. The zero-order valence-electron chi connectivity index (χ0n) is 12.1. The molecule has 7 heteroatoms. The van der Waals surface area contributed by atoms with Gasteiger partial charge in [0.2, 0.25) is 0 Å². The number of alkyl halides is 1. The molecule has 1 atom stereocenters. The number of nitrogens with zero attached hydrogens (tertiary/aromatic N) is 1. The van der Waals surface area contributed by atoms with Crippen LogP contribution < -0.4 is 9.64 Å². The molecule has 116 valence electrons. The summed E-state index contributed by atoms with van der Waals surface area (Å²) in [6.07, 6.45) is -1.03. The van der Waals surface area contributed by atoms with E-state index in [1.54, 1.807) is 6.07 Å². The molecule has 22 heavy (non-hydrogen) atoms. The topological polar surface area (TPSA) is 66.8 Å². The lowest BCUT2D eigenvalue weighted by atomic mass is 9.97. The van der Waals surface area contributed by atoms with Gasteiger partial charge in [-0.1, -0.05) is 0 Å². The Balaban J connectivity index is 2.32. The number of hydrogen-bond donors (Lipinski definition) is 1. The molecule has 3 rings (SSSR count).